The maximum absolute atomic E-state index is 5.55. The Labute approximate surface area is 111 Å². The number of thiophene rings is 1. The van der Waals surface area contributed by atoms with Crippen LogP contribution in [-0.4, -0.2) is 31.6 Å². The summed E-state index contributed by atoms with van der Waals surface area (Å²) in [5.41, 5.74) is 5.55. The highest BCUT2D eigenvalue weighted by molar-refractivity contribution is 9.10. The molecule has 2 nitrogen and oxygen atoms in total. The first kappa shape index (κ1) is 14.2. The molecule has 0 aliphatic carbocycles. The van der Waals surface area contributed by atoms with Crippen molar-refractivity contribution in [2.75, 3.05) is 26.7 Å². The van der Waals surface area contributed by atoms with E-state index in [1.165, 1.54) is 9.35 Å². The van der Waals surface area contributed by atoms with Crippen LogP contribution in [0.4, 0.5) is 0 Å². The van der Waals surface area contributed by atoms with Crippen molar-refractivity contribution in [2.45, 2.75) is 19.8 Å². The molecule has 0 saturated heterocycles. The second-order valence-electron chi connectivity index (χ2n) is 4.43. The van der Waals surface area contributed by atoms with Crippen molar-refractivity contribution in [1.82, 2.24) is 4.90 Å². The number of likely N-dealkylation sites (N-methyl/N-ethyl adjacent to an activating group) is 1. The Hall–Kier alpha value is 0.1000. The number of halogens is 1. The molecule has 0 bridgehead atoms. The third-order valence-corrected chi connectivity index (χ3v) is 4.40. The zero-order valence-corrected chi connectivity index (χ0v) is 12.5. The van der Waals surface area contributed by atoms with Crippen molar-refractivity contribution in [3.8, 4) is 0 Å². The molecule has 1 aromatic heterocycles. The van der Waals surface area contributed by atoms with Crippen LogP contribution in [0.15, 0.2) is 15.9 Å². The molecule has 0 spiro atoms. The highest BCUT2D eigenvalue weighted by Gasteiger charge is 2.06. The molecule has 0 saturated carbocycles. The van der Waals surface area contributed by atoms with Gasteiger partial charge in [-0.2, -0.15) is 0 Å². The summed E-state index contributed by atoms with van der Waals surface area (Å²) in [6, 6.07) is 2.21. The second-order valence-corrected chi connectivity index (χ2v) is 6.34. The first-order valence-corrected chi connectivity index (χ1v) is 7.40. The Kier molecular flexibility index (Phi) is 6.58. The van der Waals surface area contributed by atoms with Crippen molar-refractivity contribution < 1.29 is 0 Å². The summed E-state index contributed by atoms with van der Waals surface area (Å²) >= 11 is 5.31. The van der Waals surface area contributed by atoms with E-state index in [4.69, 9.17) is 5.73 Å². The van der Waals surface area contributed by atoms with Crippen LogP contribution in [0.5, 0.6) is 0 Å². The Balaban J connectivity index is 2.22. The van der Waals surface area contributed by atoms with Crippen LogP contribution in [0.1, 0.15) is 18.2 Å². The van der Waals surface area contributed by atoms with Crippen molar-refractivity contribution in [3.05, 3.63) is 20.8 Å². The van der Waals surface area contributed by atoms with Crippen molar-refractivity contribution in [2.24, 2.45) is 11.7 Å². The molecule has 1 rings (SSSR count). The van der Waals surface area contributed by atoms with E-state index in [9.17, 15) is 0 Å². The summed E-state index contributed by atoms with van der Waals surface area (Å²) in [7, 11) is 2.19. The fraction of sp³-hybridized carbons (Fsp3) is 0.667. The van der Waals surface area contributed by atoms with Gasteiger partial charge in [-0.15, -0.1) is 11.3 Å². The van der Waals surface area contributed by atoms with Gasteiger partial charge in [-0.05, 0) is 54.3 Å². The molecule has 1 atom stereocenters. The number of nitrogens with two attached hydrogens (primary N) is 1. The number of rotatable bonds is 7. The predicted octanol–water partition coefficient (Wildman–Crippen LogP) is 2.97. The molecule has 2 N–H and O–H groups in total. The third-order valence-electron chi connectivity index (χ3n) is 2.64. The van der Waals surface area contributed by atoms with Crippen LogP contribution in [0.3, 0.4) is 0 Å². The van der Waals surface area contributed by atoms with Gasteiger partial charge in [0.1, 0.15) is 0 Å². The van der Waals surface area contributed by atoms with Gasteiger partial charge in [0.05, 0.1) is 0 Å². The van der Waals surface area contributed by atoms with E-state index in [0.29, 0.717) is 5.92 Å². The normalized spacial score (nSPS) is 13.3. The first-order chi connectivity index (χ1) is 7.61. The lowest BCUT2D eigenvalue weighted by atomic mass is 10.1. The van der Waals surface area contributed by atoms with E-state index in [1.54, 1.807) is 0 Å². The van der Waals surface area contributed by atoms with Gasteiger partial charge in [0.15, 0.2) is 0 Å². The van der Waals surface area contributed by atoms with Crippen LogP contribution in [-0.2, 0) is 6.42 Å². The van der Waals surface area contributed by atoms with Gasteiger partial charge < -0.3 is 10.6 Å². The Morgan fingerprint density at radius 3 is 2.88 bits per heavy atom. The van der Waals surface area contributed by atoms with Gasteiger partial charge in [0.25, 0.3) is 0 Å². The molecule has 92 valence electrons. The van der Waals surface area contributed by atoms with Crippen LogP contribution in [0.2, 0.25) is 0 Å². The summed E-state index contributed by atoms with van der Waals surface area (Å²) in [5.74, 6) is 0.699. The molecule has 0 aliphatic heterocycles. The van der Waals surface area contributed by atoms with Gasteiger partial charge in [0.2, 0.25) is 0 Å². The lowest BCUT2D eigenvalue weighted by molar-refractivity contribution is 0.283. The minimum Gasteiger partial charge on any atom is -0.330 e. The quantitative estimate of drug-likeness (QED) is 0.839. The fourth-order valence-electron chi connectivity index (χ4n) is 1.79. The Morgan fingerprint density at radius 1 is 1.56 bits per heavy atom. The molecule has 0 aliphatic rings. The summed E-state index contributed by atoms with van der Waals surface area (Å²) in [6.45, 7) is 5.34. The Bertz CT molecular complexity index is 301. The van der Waals surface area contributed by atoms with Crippen molar-refractivity contribution in [1.29, 1.82) is 0 Å². The molecule has 0 radical (unpaired) electrons. The molecule has 0 amide bonds. The summed E-state index contributed by atoms with van der Waals surface area (Å²) < 4.78 is 1.20. The molecule has 1 unspecified atom stereocenters. The van der Waals surface area contributed by atoms with Gasteiger partial charge in [-0.25, -0.2) is 0 Å². The van der Waals surface area contributed by atoms with Gasteiger partial charge >= 0.3 is 0 Å². The largest absolute Gasteiger partial charge is 0.330 e. The molecular weight excluding hydrogens is 284 g/mol. The molecule has 0 fully saturated rings. The van der Waals surface area contributed by atoms with Crippen molar-refractivity contribution >= 4 is 27.3 Å². The SMILES string of the molecule is CC(CCN)CN(C)CCc1cc(Br)cs1. The molecular formula is C12H21BrN2S. The number of hydrogen-bond acceptors (Lipinski definition) is 3. The maximum Gasteiger partial charge on any atom is 0.0285 e. The maximum atomic E-state index is 5.55. The summed E-state index contributed by atoms with van der Waals surface area (Å²) in [4.78, 5) is 3.85. The highest BCUT2D eigenvalue weighted by Crippen LogP contribution is 2.20. The molecule has 0 aromatic carbocycles. The highest BCUT2D eigenvalue weighted by atomic mass is 79.9. The summed E-state index contributed by atoms with van der Waals surface area (Å²) in [6.07, 6.45) is 2.26. The topological polar surface area (TPSA) is 29.3 Å². The van der Waals surface area contributed by atoms with E-state index >= 15 is 0 Å². The fourth-order valence-corrected chi connectivity index (χ4v) is 3.23. The minimum absolute atomic E-state index is 0.699. The monoisotopic (exact) mass is 304 g/mol. The smallest absolute Gasteiger partial charge is 0.0285 e. The zero-order valence-electron chi connectivity index (χ0n) is 10.1. The average molecular weight is 305 g/mol. The van der Waals surface area contributed by atoms with E-state index in [2.05, 4.69) is 46.2 Å². The van der Waals surface area contributed by atoms with E-state index in [1.807, 2.05) is 11.3 Å². The number of nitrogens with zero attached hydrogens (tertiary/aromatic N) is 1. The predicted molar refractivity (Wildman–Crippen MR) is 76.1 cm³/mol. The molecule has 16 heavy (non-hydrogen) atoms. The standard InChI is InChI=1S/C12H21BrN2S/c1-10(3-5-14)8-15(2)6-4-12-7-11(13)9-16-12/h7,9-10H,3-6,8,14H2,1-2H3. The Morgan fingerprint density at radius 2 is 2.31 bits per heavy atom. The number of hydrogen-bond donors (Lipinski definition) is 1. The van der Waals surface area contributed by atoms with E-state index < -0.39 is 0 Å². The van der Waals surface area contributed by atoms with E-state index in [0.717, 1.165) is 32.5 Å². The summed E-state index contributed by atoms with van der Waals surface area (Å²) in [5, 5.41) is 2.15. The van der Waals surface area contributed by atoms with Crippen LogP contribution < -0.4 is 5.73 Å². The van der Waals surface area contributed by atoms with Gasteiger partial charge in [-0.3, -0.25) is 0 Å². The molecule has 1 aromatic rings. The van der Waals surface area contributed by atoms with E-state index in [-0.39, 0.29) is 0 Å². The van der Waals surface area contributed by atoms with Crippen LogP contribution in [0, 0.1) is 5.92 Å². The lowest BCUT2D eigenvalue weighted by Crippen LogP contribution is -2.27. The van der Waals surface area contributed by atoms with Gasteiger partial charge in [-0.1, -0.05) is 6.92 Å². The van der Waals surface area contributed by atoms with Crippen LogP contribution >= 0.6 is 27.3 Å². The average Bonchev–Trinajstić information content (AvgIpc) is 2.61. The van der Waals surface area contributed by atoms with Gasteiger partial charge in [0, 0.05) is 27.8 Å². The second kappa shape index (κ2) is 7.43. The minimum atomic E-state index is 0.699. The lowest BCUT2D eigenvalue weighted by Gasteiger charge is -2.20. The zero-order chi connectivity index (χ0) is 12.0. The first-order valence-electron chi connectivity index (χ1n) is 5.73. The molecule has 1 heterocycles. The van der Waals surface area contributed by atoms with Crippen LogP contribution in [0.25, 0.3) is 0 Å². The third kappa shape index (κ3) is 5.43. The molecule has 4 heteroatoms. The van der Waals surface area contributed by atoms with Crippen molar-refractivity contribution in [3.63, 3.8) is 0 Å².